The van der Waals surface area contributed by atoms with E-state index >= 15 is 0 Å². The molecule has 2 aliphatic heterocycles. The number of hydrogen-bond acceptors (Lipinski definition) is 7. The SMILES string of the molecule is O=C(c1cccc(S(=O)(=O)Nc2ccc3c(c2)OCO3)c1)N1CCN(Cc2ccsc2)CC1. The van der Waals surface area contributed by atoms with Crippen molar-refractivity contribution in [2.24, 2.45) is 0 Å². The molecule has 2 aliphatic rings. The first kappa shape index (κ1) is 21.7. The molecular weight excluding hydrogens is 462 g/mol. The first-order valence-corrected chi connectivity index (χ1v) is 13.0. The molecule has 8 nitrogen and oxygen atoms in total. The fourth-order valence-electron chi connectivity index (χ4n) is 3.90. The van der Waals surface area contributed by atoms with Crippen molar-refractivity contribution in [3.8, 4) is 11.5 Å². The summed E-state index contributed by atoms with van der Waals surface area (Å²) in [5.74, 6) is 0.892. The number of thiophene rings is 1. The highest BCUT2D eigenvalue weighted by Gasteiger charge is 2.24. The average Bonchev–Trinajstić information content (AvgIpc) is 3.51. The maximum absolute atomic E-state index is 13.1. The van der Waals surface area contributed by atoms with Gasteiger partial charge in [-0.1, -0.05) is 6.07 Å². The van der Waals surface area contributed by atoms with E-state index < -0.39 is 10.0 Å². The van der Waals surface area contributed by atoms with Gasteiger partial charge in [0.25, 0.3) is 15.9 Å². The van der Waals surface area contributed by atoms with Gasteiger partial charge in [-0.15, -0.1) is 0 Å². The smallest absolute Gasteiger partial charge is 0.261 e. The lowest BCUT2D eigenvalue weighted by atomic mass is 10.1. The number of carbonyl (C=O) groups excluding carboxylic acids is 1. The van der Waals surface area contributed by atoms with Gasteiger partial charge >= 0.3 is 0 Å². The van der Waals surface area contributed by atoms with Crippen LogP contribution in [0, 0.1) is 0 Å². The largest absolute Gasteiger partial charge is 0.454 e. The van der Waals surface area contributed by atoms with Crippen LogP contribution < -0.4 is 14.2 Å². The van der Waals surface area contributed by atoms with Crippen LogP contribution in [0.3, 0.4) is 0 Å². The number of fused-ring (bicyclic) bond motifs is 1. The average molecular weight is 486 g/mol. The van der Waals surface area contributed by atoms with Crippen LogP contribution in [-0.2, 0) is 16.6 Å². The van der Waals surface area contributed by atoms with E-state index in [0.29, 0.717) is 35.8 Å². The number of anilines is 1. The van der Waals surface area contributed by atoms with E-state index in [0.717, 1.165) is 19.6 Å². The second-order valence-corrected chi connectivity index (χ2v) is 10.4. The van der Waals surface area contributed by atoms with Crippen LogP contribution in [-0.4, -0.2) is 57.1 Å². The number of hydrogen-bond donors (Lipinski definition) is 1. The summed E-state index contributed by atoms with van der Waals surface area (Å²) in [6.45, 7) is 3.77. The van der Waals surface area contributed by atoms with Gasteiger partial charge in [-0.25, -0.2) is 8.42 Å². The Morgan fingerprint density at radius 2 is 1.82 bits per heavy atom. The van der Waals surface area contributed by atoms with Gasteiger partial charge in [0.05, 0.1) is 10.6 Å². The van der Waals surface area contributed by atoms with Crippen molar-refractivity contribution >= 4 is 33.0 Å². The van der Waals surface area contributed by atoms with Gasteiger partial charge in [-0.3, -0.25) is 14.4 Å². The van der Waals surface area contributed by atoms with Crippen LogP contribution in [0.5, 0.6) is 11.5 Å². The minimum Gasteiger partial charge on any atom is -0.454 e. The molecule has 1 amide bonds. The highest BCUT2D eigenvalue weighted by Crippen LogP contribution is 2.34. The molecule has 0 bridgehead atoms. The molecule has 1 aromatic heterocycles. The summed E-state index contributed by atoms with van der Waals surface area (Å²) in [4.78, 5) is 17.2. The van der Waals surface area contributed by atoms with Gasteiger partial charge in [0, 0.05) is 44.4 Å². The Kier molecular flexibility index (Phi) is 5.96. The van der Waals surface area contributed by atoms with Crippen LogP contribution in [0.2, 0.25) is 0 Å². The Balaban J connectivity index is 1.25. The van der Waals surface area contributed by atoms with Gasteiger partial charge in [0.1, 0.15) is 0 Å². The number of nitrogens with one attached hydrogen (secondary N) is 1. The summed E-state index contributed by atoms with van der Waals surface area (Å²) >= 11 is 1.68. The van der Waals surface area contributed by atoms with Crippen LogP contribution in [0.1, 0.15) is 15.9 Å². The molecule has 2 aromatic carbocycles. The Morgan fingerprint density at radius 3 is 2.61 bits per heavy atom. The van der Waals surface area contributed by atoms with Crippen molar-refractivity contribution in [1.82, 2.24) is 9.80 Å². The molecule has 1 fully saturated rings. The first-order chi connectivity index (χ1) is 16.0. The van der Waals surface area contributed by atoms with Gasteiger partial charge in [0.15, 0.2) is 11.5 Å². The van der Waals surface area contributed by atoms with Gasteiger partial charge in [-0.2, -0.15) is 11.3 Å². The number of ether oxygens (including phenoxy) is 2. The lowest BCUT2D eigenvalue weighted by Gasteiger charge is -2.34. The Morgan fingerprint density at radius 1 is 1.00 bits per heavy atom. The van der Waals surface area contributed by atoms with E-state index in [9.17, 15) is 13.2 Å². The standard InChI is InChI=1S/C23H23N3O5S2/c27-23(26-9-7-25(8-10-26)14-17-6-11-32-15-17)18-2-1-3-20(12-18)33(28,29)24-19-4-5-21-22(13-19)31-16-30-21/h1-6,11-13,15,24H,7-10,14,16H2. The number of benzene rings is 2. The maximum Gasteiger partial charge on any atom is 0.261 e. The molecule has 0 spiro atoms. The summed E-state index contributed by atoms with van der Waals surface area (Å²) in [7, 11) is -3.88. The van der Waals surface area contributed by atoms with Crippen molar-refractivity contribution in [3.05, 3.63) is 70.4 Å². The second kappa shape index (κ2) is 9.05. The Bertz CT molecular complexity index is 1250. The van der Waals surface area contributed by atoms with Crippen molar-refractivity contribution in [2.75, 3.05) is 37.7 Å². The molecule has 10 heteroatoms. The topological polar surface area (TPSA) is 88.2 Å². The molecule has 1 N–H and O–H groups in total. The maximum atomic E-state index is 13.1. The molecule has 172 valence electrons. The van der Waals surface area contributed by atoms with Crippen molar-refractivity contribution in [3.63, 3.8) is 0 Å². The predicted molar refractivity (Wildman–Crippen MR) is 125 cm³/mol. The highest BCUT2D eigenvalue weighted by molar-refractivity contribution is 7.92. The van der Waals surface area contributed by atoms with Crippen LogP contribution in [0.15, 0.2) is 64.2 Å². The van der Waals surface area contributed by atoms with E-state index in [1.54, 1.807) is 46.6 Å². The minimum absolute atomic E-state index is 0.0297. The number of nitrogens with zero attached hydrogens (tertiary/aromatic N) is 2. The lowest BCUT2D eigenvalue weighted by molar-refractivity contribution is 0.0628. The van der Waals surface area contributed by atoms with Crippen molar-refractivity contribution in [2.45, 2.75) is 11.4 Å². The molecule has 5 rings (SSSR count). The molecule has 3 aromatic rings. The third kappa shape index (κ3) is 4.82. The number of carbonyl (C=O) groups is 1. The summed E-state index contributed by atoms with van der Waals surface area (Å²) in [6.07, 6.45) is 0. The first-order valence-electron chi connectivity index (χ1n) is 10.5. The molecule has 0 saturated carbocycles. The zero-order valence-electron chi connectivity index (χ0n) is 17.8. The predicted octanol–water partition coefficient (Wildman–Crippen LogP) is 3.24. The van der Waals surface area contributed by atoms with Gasteiger partial charge in [-0.05, 0) is 52.7 Å². The molecule has 3 heterocycles. The zero-order valence-corrected chi connectivity index (χ0v) is 19.4. The Hall–Kier alpha value is -3.08. The van der Waals surface area contributed by atoms with Crippen molar-refractivity contribution < 1.29 is 22.7 Å². The van der Waals surface area contributed by atoms with E-state index in [4.69, 9.17) is 9.47 Å². The monoisotopic (exact) mass is 485 g/mol. The fourth-order valence-corrected chi connectivity index (χ4v) is 5.66. The fraction of sp³-hybridized carbons (Fsp3) is 0.261. The van der Waals surface area contributed by atoms with E-state index in [2.05, 4.69) is 26.4 Å². The number of piperazine rings is 1. The Labute approximate surface area is 196 Å². The summed E-state index contributed by atoms with van der Waals surface area (Å²) in [5, 5.41) is 4.21. The number of sulfonamides is 1. The lowest BCUT2D eigenvalue weighted by Crippen LogP contribution is -2.48. The minimum atomic E-state index is -3.88. The zero-order chi connectivity index (χ0) is 22.8. The third-order valence-corrected chi connectivity index (χ3v) is 7.77. The highest BCUT2D eigenvalue weighted by atomic mass is 32.2. The summed E-state index contributed by atoms with van der Waals surface area (Å²) < 4.78 is 39.0. The third-order valence-electron chi connectivity index (χ3n) is 5.66. The van der Waals surface area contributed by atoms with E-state index in [1.807, 2.05) is 0 Å². The van der Waals surface area contributed by atoms with E-state index in [1.165, 1.54) is 17.7 Å². The normalized spacial score (nSPS) is 16.1. The molecule has 33 heavy (non-hydrogen) atoms. The van der Waals surface area contributed by atoms with Crippen LogP contribution >= 0.6 is 11.3 Å². The molecule has 0 radical (unpaired) electrons. The molecular formula is C23H23N3O5S2. The molecule has 1 saturated heterocycles. The number of amides is 1. The van der Waals surface area contributed by atoms with Crippen LogP contribution in [0.25, 0.3) is 0 Å². The van der Waals surface area contributed by atoms with Gasteiger partial charge < -0.3 is 14.4 Å². The van der Waals surface area contributed by atoms with E-state index in [-0.39, 0.29) is 17.6 Å². The summed E-state index contributed by atoms with van der Waals surface area (Å²) in [5.41, 5.74) is 2.00. The van der Waals surface area contributed by atoms with Crippen LogP contribution in [0.4, 0.5) is 5.69 Å². The second-order valence-electron chi connectivity index (χ2n) is 7.90. The van der Waals surface area contributed by atoms with Crippen molar-refractivity contribution in [1.29, 1.82) is 0 Å². The molecule has 0 aliphatic carbocycles. The molecule has 0 unspecified atom stereocenters. The summed E-state index contributed by atoms with van der Waals surface area (Å²) in [6, 6.07) is 13.1. The quantitative estimate of drug-likeness (QED) is 0.577. The van der Waals surface area contributed by atoms with Gasteiger partial charge in [0.2, 0.25) is 6.79 Å². The number of rotatable bonds is 6. The molecule has 0 atom stereocenters.